The molecule has 1 saturated heterocycles. The Labute approximate surface area is 129 Å². The molecule has 0 saturated carbocycles. The van der Waals surface area contributed by atoms with Gasteiger partial charge in [0.2, 0.25) is 5.91 Å². The monoisotopic (exact) mass is 310 g/mol. The first kappa shape index (κ1) is 16.0. The number of hydrogen-bond acceptors (Lipinski definition) is 5. The van der Waals surface area contributed by atoms with Crippen LogP contribution < -0.4 is 0 Å². The van der Waals surface area contributed by atoms with Gasteiger partial charge in [-0.25, -0.2) is 0 Å². The molecule has 0 atom stereocenters. The molecule has 0 radical (unpaired) electrons. The van der Waals surface area contributed by atoms with Gasteiger partial charge in [0.1, 0.15) is 0 Å². The minimum Gasteiger partial charge on any atom is -0.466 e. The molecule has 1 aromatic rings. The second-order valence-corrected chi connectivity index (χ2v) is 5.87. The van der Waals surface area contributed by atoms with Crippen molar-refractivity contribution in [2.45, 2.75) is 26.3 Å². The fourth-order valence-electron chi connectivity index (χ4n) is 2.40. The lowest BCUT2D eigenvalue weighted by atomic mass is 10.2. The van der Waals surface area contributed by atoms with E-state index in [1.54, 1.807) is 18.3 Å². The molecule has 2 rings (SSSR count). The van der Waals surface area contributed by atoms with Gasteiger partial charge < -0.3 is 9.64 Å². The quantitative estimate of drug-likeness (QED) is 0.751. The summed E-state index contributed by atoms with van der Waals surface area (Å²) < 4.78 is 4.84. The standard InChI is InChI=1S/C15H22N2O3S/c1-2-20-15(19)4-3-14(18)17-8-6-16(7-9-17)11-13-5-10-21-12-13/h5,10,12H,2-4,6-9,11H2,1H3. The minimum atomic E-state index is -0.290. The molecule has 21 heavy (non-hydrogen) atoms. The smallest absolute Gasteiger partial charge is 0.306 e. The number of carbonyl (C=O) groups excluding carboxylic acids is 2. The normalized spacial score (nSPS) is 16.0. The van der Waals surface area contributed by atoms with Crippen molar-refractivity contribution < 1.29 is 14.3 Å². The summed E-state index contributed by atoms with van der Waals surface area (Å²) in [6.45, 7) is 6.36. The average Bonchev–Trinajstić information content (AvgIpc) is 2.99. The Morgan fingerprint density at radius 2 is 2.00 bits per heavy atom. The van der Waals surface area contributed by atoms with E-state index in [0.29, 0.717) is 6.61 Å². The second kappa shape index (κ2) is 8.14. The van der Waals surface area contributed by atoms with Crippen molar-refractivity contribution in [2.75, 3.05) is 32.8 Å². The molecule has 2 heterocycles. The SMILES string of the molecule is CCOC(=O)CCC(=O)N1CCN(Cc2ccsc2)CC1. The van der Waals surface area contributed by atoms with Crippen LogP contribution in [0, 0.1) is 0 Å². The molecule has 0 spiro atoms. The van der Waals surface area contributed by atoms with E-state index < -0.39 is 0 Å². The molecule has 0 aliphatic carbocycles. The molecule has 0 aromatic carbocycles. The molecule has 1 aliphatic heterocycles. The molecule has 0 unspecified atom stereocenters. The predicted octanol–water partition coefficient (Wildman–Crippen LogP) is 1.74. The molecule has 1 fully saturated rings. The van der Waals surface area contributed by atoms with E-state index >= 15 is 0 Å². The summed E-state index contributed by atoms with van der Waals surface area (Å²) in [5.41, 5.74) is 1.34. The zero-order chi connectivity index (χ0) is 15.1. The highest BCUT2D eigenvalue weighted by Crippen LogP contribution is 2.12. The van der Waals surface area contributed by atoms with Crippen molar-refractivity contribution in [1.29, 1.82) is 0 Å². The minimum absolute atomic E-state index is 0.0539. The van der Waals surface area contributed by atoms with Crippen LogP contribution in [0.2, 0.25) is 0 Å². The van der Waals surface area contributed by atoms with Gasteiger partial charge in [0.15, 0.2) is 0 Å². The van der Waals surface area contributed by atoms with Gasteiger partial charge in [-0.2, -0.15) is 11.3 Å². The van der Waals surface area contributed by atoms with E-state index in [0.717, 1.165) is 32.7 Å². The van der Waals surface area contributed by atoms with Crippen LogP contribution in [0.1, 0.15) is 25.3 Å². The summed E-state index contributed by atoms with van der Waals surface area (Å²) in [6, 6.07) is 2.14. The summed E-state index contributed by atoms with van der Waals surface area (Å²) in [5.74, 6) is -0.236. The molecule has 0 bridgehead atoms. The maximum atomic E-state index is 12.0. The Hall–Kier alpha value is -1.40. The van der Waals surface area contributed by atoms with Crippen molar-refractivity contribution >= 4 is 23.2 Å². The maximum Gasteiger partial charge on any atom is 0.306 e. The first-order valence-corrected chi connectivity index (χ1v) is 8.30. The molecule has 5 nitrogen and oxygen atoms in total. The van der Waals surface area contributed by atoms with Crippen LogP contribution in [0.25, 0.3) is 0 Å². The summed E-state index contributed by atoms with van der Waals surface area (Å²) in [7, 11) is 0. The van der Waals surface area contributed by atoms with Crippen LogP contribution in [0.3, 0.4) is 0 Å². The van der Waals surface area contributed by atoms with Crippen LogP contribution in [0.5, 0.6) is 0 Å². The van der Waals surface area contributed by atoms with Gasteiger partial charge >= 0.3 is 5.97 Å². The van der Waals surface area contributed by atoms with Crippen LogP contribution in [0.15, 0.2) is 16.8 Å². The van der Waals surface area contributed by atoms with Crippen molar-refractivity contribution in [3.05, 3.63) is 22.4 Å². The van der Waals surface area contributed by atoms with Gasteiger partial charge in [0, 0.05) is 39.1 Å². The molecule has 0 N–H and O–H groups in total. The maximum absolute atomic E-state index is 12.0. The molecular formula is C15H22N2O3S. The molecular weight excluding hydrogens is 288 g/mol. The fraction of sp³-hybridized carbons (Fsp3) is 0.600. The number of ether oxygens (including phenoxy) is 1. The lowest BCUT2D eigenvalue weighted by molar-refractivity contribution is -0.146. The van der Waals surface area contributed by atoms with Crippen molar-refractivity contribution in [3.8, 4) is 0 Å². The largest absolute Gasteiger partial charge is 0.466 e. The molecule has 116 valence electrons. The highest BCUT2D eigenvalue weighted by Gasteiger charge is 2.21. The van der Waals surface area contributed by atoms with Gasteiger partial charge in [-0.15, -0.1) is 0 Å². The Balaban J connectivity index is 1.68. The number of amides is 1. The summed E-state index contributed by atoms with van der Waals surface area (Å²) in [6.07, 6.45) is 0.436. The van der Waals surface area contributed by atoms with Gasteiger partial charge in [0.05, 0.1) is 13.0 Å². The molecule has 6 heteroatoms. The third-order valence-electron chi connectivity index (χ3n) is 3.56. The Morgan fingerprint density at radius 3 is 2.62 bits per heavy atom. The summed E-state index contributed by atoms with van der Waals surface area (Å²) >= 11 is 1.71. The van der Waals surface area contributed by atoms with Crippen molar-refractivity contribution in [3.63, 3.8) is 0 Å². The molecule has 1 aliphatic rings. The molecule has 1 amide bonds. The second-order valence-electron chi connectivity index (χ2n) is 5.09. The third kappa shape index (κ3) is 5.13. The van der Waals surface area contributed by atoms with Crippen LogP contribution in [-0.2, 0) is 20.9 Å². The molecule has 1 aromatic heterocycles. The Kier molecular flexibility index (Phi) is 6.20. The van der Waals surface area contributed by atoms with Gasteiger partial charge in [-0.1, -0.05) is 0 Å². The van der Waals surface area contributed by atoms with E-state index in [1.165, 1.54) is 5.56 Å². The zero-order valence-electron chi connectivity index (χ0n) is 12.4. The number of thiophene rings is 1. The topological polar surface area (TPSA) is 49.9 Å². The third-order valence-corrected chi connectivity index (χ3v) is 4.29. The van der Waals surface area contributed by atoms with E-state index in [9.17, 15) is 9.59 Å². The Bertz CT molecular complexity index is 453. The fourth-order valence-corrected chi connectivity index (χ4v) is 3.06. The van der Waals surface area contributed by atoms with E-state index in [4.69, 9.17) is 4.74 Å². The summed E-state index contributed by atoms with van der Waals surface area (Å²) in [5, 5.41) is 4.25. The number of nitrogens with zero attached hydrogens (tertiary/aromatic N) is 2. The zero-order valence-corrected chi connectivity index (χ0v) is 13.2. The highest BCUT2D eigenvalue weighted by molar-refractivity contribution is 7.07. The summed E-state index contributed by atoms with van der Waals surface area (Å²) in [4.78, 5) is 27.5. The van der Waals surface area contributed by atoms with Crippen LogP contribution in [-0.4, -0.2) is 54.5 Å². The lowest BCUT2D eigenvalue weighted by Gasteiger charge is -2.34. The number of carbonyl (C=O) groups is 2. The van der Waals surface area contributed by atoms with Crippen LogP contribution >= 0.6 is 11.3 Å². The van der Waals surface area contributed by atoms with E-state index in [1.807, 2.05) is 4.90 Å². The van der Waals surface area contributed by atoms with Gasteiger partial charge in [-0.3, -0.25) is 14.5 Å². The van der Waals surface area contributed by atoms with E-state index in [2.05, 4.69) is 21.7 Å². The number of esters is 1. The highest BCUT2D eigenvalue weighted by atomic mass is 32.1. The first-order chi connectivity index (χ1) is 10.2. The number of piperazine rings is 1. The van der Waals surface area contributed by atoms with E-state index in [-0.39, 0.29) is 24.7 Å². The van der Waals surface area contributed by atoms with Gasteiger partial charge in [0.25, 0.3) is 0 Å². The van der Waals surface area contributed by atoms with Crippen molar-refractivity contribution in [1.82, 2.24) is 9.80 Å². The predicted molar refractivity (Wildman–Crippen MR) is 82.0 cm³/mol. The van der Waals surface area contributed by atoms with Crippen molar-refractivity contribution in [2.24, 2.45) is 0 Å². The number of hydrogen-bond donors (Lipinski definition) is 0. The first-order valence-electron chi connectivity index (χ1n) is 7.36. The van der Waals surface area contributed by atoms with Gasteiger partial charge in [-0.05, 0) is 29.3 Å². The average molecular weight is 310 g/mol. The van der Waals surface area contributed by atoms with Crippen LogP contribution in [0.4, 0.5) is 0 Å². The number of rotatable bonds is 6. The Morgan fingerprint density at radius 1 is 1.24 bits per heavy atom. The lowest BCUT2D eigenvalue weighted by Crippen LogP contribution is -2.48.